The third-order valence-corrected chi connectivity index (χ3v) is 4.17. The van der Waals surface area contributed by atoms with Gasteiger partial charge in [0.05, 0.1) is 11.6 Å². The van der Waals surface area contributed by atoms with E-state index in [2.05, 4.69) is 31.4 Å². The lowest BCUT2D eigenvalue weighted by atomic mass is 10.1. The minimum Gasteiger partial charge on any atom is -0.308 e. The molecule has 0 aliphatic carbocycles. The van der Waals surface area contributed by atoms with Crippen molar-refractivity contribution in [1.82, 2.24) is 20.1 Å². The van der Waals surface area contributed by atoms with Crippen LogP contribution >= 0.6 is 15.9 Å². The van der Waals surface area contributed by atoms with Crippen LogP contribution in [0.5, 0.6) is 0 Å². The van der Waals surface area contributed by atoms with Gasteiger partial charge in [-0.3, -0.25) is 0 Å². The van der Waals surface area contributed by atoms with Gasteiger partial charge in [-0.2, -0.15) is 13.2 Å². The number of nitrogens with zero attached hydrogens (tertiary/aromatic N) is 3. The number of halogens is 4. The van der Waals surface area contributed by atoms with Crippen molar-refractivity contribution < 1.29 is 13.2 Å². The number of fused-ring (bicyclic) bond motifs is 1. The van der Waals surface area contributed by atoms with Gasteiger partial charge in [0.15, 0.2) is 5.82 Å². The second-order valence-electron chi connectivity index (χ2n) is 4.90. The Labute approximate surface area is 127 Å². The molecule has 0 amide bonds. The summed E-state index contributed by atoms with van der Waals surface area (Å²) in [5.41, 5.74) is -0.294. The van der Waals surface area contributed by atoms with Crippen LogP contribution in [0.4, 0.5) is 13.2 Å². The molecule has 1 N–H and O–H groups in total. The van der Waals surface area contributed by atoms with Crippen molar-refractivity contribution in [3.8, 4) is 11.4 Å². The van der Waals surface area contributed by atoms with Crippen LogP contribution < -0.4 is 5.32 Å². The van der Waals surface area contributed by atoms with Gasteiger partial charge in [-0.1, -0.05) is 22.0 Å². The van der Waals surface area contributed by atoms with Crippen molar-refractivity contribution in [1.29, 1.82) is 0 Å². The number of nitrogens with one attached hydrogen (secondary N) is 1. The van der Waals surface area contributed by atoms with Crippen LogP contribution in [0.25, 0.3) is 11.4 Å². The Balaban J connectivity index is 2.10. The molecule has 1 aliphatic heterocycles. The Kier molecular flexibility index (Phi) is 3.53. The predicted octanol–water partition coefficient (Wildman–Crippen LogP) is 3.39. The molecule has 0 fully saturated rings. The molecular formula is C13H12BrF3N4. The minimum absolute atomic E-state index is 0.0205. The van der Waals surface area contributed by atoms with Crippen molar-refractivity contribution in [3.63, 3.8) is 0 Å². The fourth-order valence-corrected chi connectivity index (χ4v) is 2.91. The van der Waals surface area contributed by atoms with Gasteiger partial charge >= 0.3 is 6.18 Å². The Morgan fingerprint density at radius 3 is 2.81 bits per heavy atom. The maximum Gasteiger partial charge on any atom is 0.417 e. The fraction of sp³-hybridized carbons (Fsp3) is 0.385. The SMILES string of the molecule is CC1NCCn2c(-c3ccc(Br)c(C(F)(F)F)c3)nnc21. The lowest BCUT2D eigenvalue weighted by Gasteiger charge is -2.22. The first-order valence-corrected chi connectivity index (χ1v) is 7.21. The molecule has 0 saturated heterocycles. The third-order valence-electron chi connectivity index (χ3n) is 3.48. The van der Waals surface area contributed by atoms with Crippen LogP contribution in [0.15, 0.2) is 22.7 Å². The fourth-order valence-electron chi connectivity index (χ4n) is 2.44. The van der Waals surface area contributed by atoms with Crippen LogP contribution in [-0.2, 0) is 12.7 Å². The van der Waals surface area contributed by atoms with Gasteiger partial charge in [0.2, 0.25) is 0 Å². The average Bonchev–Trinajstić information content (AvgIpc) is 2.83. The molecule has 21 heavy (non-hydrogen) atoms. The van der Waals surface area contributed by atoms with Crippen molar-refractivity contribution in [2.24, 2.45) is 0 Å². The monoisotopic (exact) mass is 360 g/mol. The molecule has 3 rings (SSSR count). The molecule has 2 heterocycles. The van der Waals surface area contributed by atoms with E-state index < -0.39 is 11.7 Å². The van der Waals surface area contributed by atoms with Gasteiger partial charge in [0.25, 0.3) is 0 Å². The first-order valence-electron chi connectivity index (χ1n) is 6.41. The lowest BCUT2D eigenvalue weighted by molar-refractivity contribution is -0.138. The van der Waals surface area contributed by atoms with Crippen LogP contribution in [0.1, 0.15) is 24.4 Å². The quantitative estimate of drug-likeness (QED) is 0.847. The molecule has 1 aromatic carbocycles. The first kappa shape index (κ1) is 14.5. The summed E-state index contributed by atoms with van der Waals surface area (Å²) in [4.78, 5) is 0. The highest BCUT2D eigenvalue weighted by molar-refractivity contribution is 9.10. The molecule has 8 heteroatoms. The van der Waals surface area contributed by atoms with E-state index in [1.807, 2.05) is 11.5 Å². The summed E-state index contributed by atoms with van der Waals surface area (Å²) in [6, 6.07) is 4.15. The maximum absolute atomic E-state index is 13.0. The van der Waals surface area contributed by atoms with Crippen molar-refractivity contribution in [2.45, 2.75) is 25.7 Å². The minimum atomic E-state index is -4.41. The standard InChI is InChI=1S/C13H12BrF3N4/c1-7-11-19-20-12(21(11)5-4-18-7)8-2-3-10(14)9(6-8)13(15,16)17/h2-3,6-7,18H,4-5H2,1H3. The van der Waals surface area contributed by atoms with Crippen molar-refractivity contribution >= 4 is 15.9 Å². The molecular weight excluding hydrogens is 349 g/mol. The van der Waals surface area contributed by atoms with Gasteiger partial charge in [0.1, 0.15) is 5.82 Å². The van der Waals surface area contributed by atoms with Crippen molar-refractivity contribution in [2.75, 3.05) is 6.54 Å². The Bertz CT molecular complexity index is 681. The number of hydrogen-bond acceptors (Lipinski definition) is 3. The van der Waals surface area contributed by atoms with E-state index in [1.54, 1.807) is 6.07 Å². The van der Waals surface area contributed by atoms with E-state index in [9.17, 15) is 13.2 Å². The highest BCUT2D eigenvalue weighted by atomic mass is 79.9. The van der Waals surface area contributed by atoms with Crippen LogP contribution in [0.2, 0.25) is 0 Å². The van der Waals surface area contributed by atoms with Crippen LogP contribution in [-0.4, -0.2) is 21.3 Å². The van der Waals surface area contributed by atoms with E-state index in [-0.39, 0.29) is 10.5 Å². The summed E-state index contributed by atoms with van der Waals surface area (Å²) < 4.78 is 40.9. The molecule has 1 aromatic heterocycles. The van der Waals surface area contributed by atoms with Gasteiger partial charge in [-0.25, -0.2) is 0 Å². The number of hydrogen-bond donors (Lipinski definition) is 1. The summed E-state index contributed by atoms with van der Waals surface area (Å²) in [6.07, 6.45) is -4.41. The van der Waals surface area contributed by atoms with Gasteiger partial charge in [-0.15, -0.1) is 10.2 Å². The summed E-state index contributed by atoms with van der Waals surface area (Å²) in [6.45, 7) is 3.33. The molecule has 1 aliphatic rings. The van der Waals surface area contributed by atoms with Crippen LogP contribution in [0, 0.1) is 0 Å². The number of alkyl halides is 3. The summed E-state index contributed by atoms with van der Waals surface area (Å²) in [5.74, 6) is 1.21. The number of benzene rings is 1. The topological polar surface area (TPSA) is 42.7 Å². The molecule has 2 aromatic rings. The second-order valence-corrected chi connectivity index (χ2v) is 5.76. The average molecular weight is 361 g/mol. The smallest absolute Gasteiger partial charge is 0.308 e. The molecule has 1 unspecified atom stereocenters. The molecule has 0 radical (unpaired) electrons. The normalized spacial score (nSPS) is 18.6. The summed E-state index contributed by atoms with van der Waals surface area (Å²) in [5, 5.41) is 11.4. The van der Waals surface area contributed by atoms with Gasteiger partial charge in [-0.05, 0) is 19.1 Å². The Morgan fingerprint density at radius 2 is 2.10 bits per heavy atom. The van der Waals surface area contributed by atoms with E-state index in [1.165, 1.54) is 6.07 Å². The summed E-state index contributed by atoms with van der Waals surface area (Å²) >= 11 is 2.94. The van der Waals surface area contributed by atoms with E-state index >= 15 is 0 Å². The molecule has 0 spiro atoms. The zero-order valence-corrected chi connectivity index (χ0v) is 12.7. The van der Waals surface area contributed by atoms with Crippen LogP contribution in [0.3, 0.4) is 0 Å². The molecule has 0 bridgehead atoms. The molecule has 4 nitrogen and oxygen atoms in total. The molecule has 0 saturated carbocycles. The largest absolute Gasteiger partial charge is 0.417 e. The van der Waals surface area contributed by atoms with Gasteiger partial charge < -0.3 is 9.88 Å². The van der Waals surface area contributed by atoms with E-state index in [0.717, 1.165) is 18.4 Å². The number of aromatic nitrogens is 3. The Morgan fingerprint density at radius 1 is 1.33 bits per heavy atom. The third kappa shape index (κ3) is 2.57. The lowest BCUT2D eigenvalue weighted by Crippen LogP contribution is -2.32. The molecule has 112 valence electrons. The summed E-state index contributed by atoms with van der Waals surface area (Å²) in [7, 11) is 0. The van der Waals surface area contributed by atoms with Crippen molar-refractivity contribution in [3.05, 3.63) is 34.1 Å². The predicted molar refractivity (Wildman–Crippen MR) is 74.6 cm³/mol. The second kappa shape index (κ2) is 5.10. The first-order chi connectivity index (χ1) is 9.88. The van der Waals surface area contributed by atoms with E-state index in [4.69, 9.17) is 0 Å². The number of rotatable bonds is 1. The van der Waals surface area contributed by atoms with E-state index in [0.29, 0.717) is 17.9 Å². The zero-order valence-electron chi connectivity index (χ0n) is 11.1. The molecule has 1 atom stereocenters. The highest BCUT2D eigenvalue weighted by Crippen LogP contribution is 2.37. The highest BCUT2D eigenvalue weighted by Gasteiger charge is 2.34. The Hall–Kier alpha value is -1.41. The van der Waals surface area contributed by atoms with Gasteiger partial charge in [0, 0.05) is 23.1 Å². The zero-order chi connectivity index (χ0) is 15.2. The maximum atomic E-state index is 13.0.